The number of ether oxygens (including phenoxy) is 2. The van der Waals surface area contributed by atoms with Gasteiger partial charge in [-0.3, -0.25) is 0 Å². The van der Waals surface area contributed by atoms with Crippen LogP contribution in [0.1, 0.15) is 17.3 Å². The van der Waals surface area contributed by atoms with Crippen LogP contribution in [0, 0.1) is 0 Å². The van der Waals surface area contributed by atoms with Crippen LogP contribution in [0.4, 0.5) is 5.95 Å². The molecule has 0 bridgehead atoms. The van der Waals surface area contributed by atoms with Crippen molar-refractivity contribution >= 4 is 23.5 Å². The molecule has 0 aliphatic carbocycles. The fourth-order valence-corrected chi connectivity index (χ4v) is 2.73. The summed E-state index contributed by atoms with van der Waals surface area (Å²) in [6.45, 7) is 4.72. The van der Waals surface area contributed by atoms with E-state index in [1.807, 2.05) is 23.1 Å². The van der Waals surface area contributed by atoms with Gasteiger partial charge in [-0.2, -0.15) is 0 Å². The lowest BCUT2D eigenvalue weighted by atomic mass is 10.1. The third-order valence-electron chi connectivity index (χ3n) is 3.69. The second-order valence-electron chi connectivity index (χ2n) is 5.23. The molecule has 3 rings (SSSR count). The van der Waals surface area contributed by atoms with E-state index < -0.39 is 5.97 Å². The topological polar surface area (TPSA) is 64.5 Å². The van der Waals surface area contributed by atoms with Crippen LogP contribution in [0.2, 0.25) is 5.02 Å². The molecule has 1 aromatic carbocycles. The lowest BCUT2D eigenvalue weighted by molar-refractivity contribution is 0.0526. The average Bonchev–Trinajstić information content (AvgIpc) is 2.62. The van der Waals surface area contributed by atoms with Crippen molar-refractivity contribution < 1.29 is 14.3 Å². The molecule has 0 N–H and O–H groups in total. The van der Waals surface area contributed by atoms with Crippen LogP contribution in [-0.4, -0.2) is 48.8 Å². The number of morpholine rings is 1. The Balaban J connectivity index is 2.06. The fraction of sp³-hybridized carbons (Fsp3) is 0.353. The minimum absolute atomic E-state index is 0.284. The van der Waals surface area contributed by atoms with E-state index in [4.69, 9.17) is 21.1 Å². The Hall–Kier alpha value is -2.18. The van der Waals surface area contributed by atoms with Gasteiger partial charge in [0, 0.05) is 29.9 Å². The van der Waals surface area contributed by atoms with Gasteiger partial charge in [0.25, 0.3) is 0 Å². The maximum atomic E-state index is 12.3. The molecule has 126 valence electrons. The van der Waals surface area contributed by atoms with Crippen molar-refractivity contribution in [1.82, 2.24) is 9.97 Å². The summed E-state index contributed by atoms with van der Waals surface area (Å²) in [4.78, 5) is 23.2. The number of hydrogen-bond acceptors (Lipinski definition) is 6. The van der Waals surface area contributed by atoms with Crippen molar-refractivity contribution in [2.45, 2.75) is 6.92 Å². The van der Waals surface area contributed by atoms with Gasteiger partial charge in [-0.25, -0.2) is 14.8 Å². The normalized spacial score (nSPS) is 14.5. The summed E-state index contributed by atoms with van der Waals surface area (Å²) in [6, 6.07) is 7.28. The Morgan fingerprint density at radius 2 is 2.08 bits per heavy atom. The summed E-state index contributed by atoms with van der Waals surface area (Å²) in [7, 11) is 0. The molecule has 2 aromatic rings. The molecule has 0 spiro atoms. The van der Waals surface area contributed by atoms with Crippen LogP contribution in [0.5, 0.6) is 0 Å². The summed E-state index contributed by atoms with van der Waals surface area (Å²) < 4.78 is 10.5. The van der Waals surface area contributed by atoms with E-state index in [1.165, 1.54) is 6.20 Å². The predicted molar refractivity (Wildman–Crippen MR) is 91.5 cm³/mol. The highest BCUT2D eigenvalue weighted by atomic mass is 35.5. The molecule has 1 aliphatic rings. The summed E-state index contributed by atoms with van der Waals surface area (Å²) in [6.07, 6.45) is 1.51. The summed E-state index contributed by atoms with van der Waals surface area (Å²) in [5, 5.41) is 0.523. The molecule has 7 heteroatoms. The molecule has 1 aromatic heterocycles. The molecule has 0 atom stereocenters. The molecule has 6 nitrogen and oxygen atoms in total. The molecular formula is C17H18ClN3O3. The van der Waals surface area contributed by atoms with Gasteiger partial charge in [0.15, 0.2) is 0 Å². The quantitative estimate of drug-likeness (QED) is 0.792. The second-order valence-corrected chi connectivity index (χ2v) is 5.64. The monoisotopic (exact) mass is 347 g/mol. The van der Waals surface area contributed by atoms with Crippen molar-refractivity contribution in [2.75, 3.05) is 37.8 Å². The SMILES string of the molecule is CCOC(=O)c1cnc(N2CCOCC2)nc1-c1ccccc1Cl. The molecular weight excluding hydrogens is 330 g/mol. The number of anilines is 1. The van der Waals surface area contributed by atoms with Gasteiger partial charge in [-0.15, -0.1) is 0 Å². The molecule has 1 fully saturated rings. The number of halogens is 1. The zero-order valence-corrected chi connectivity index (χ0v) is 14.1. The molecule has 24 heavy (non-hydrogen) atoms. The van der Waals surface area contributed by atoms with Crippen LogP contribution >= 0.6 is 11.6 Å². The lowest BCUT2D eigenvalue weighted by Crippen LogP contribution is -2.37. The average molecular weight is 348 g/mol. The Labute approximate surface area is 145 Å². The third kappa shape index (κ3) is 3.49. The maximum absolute atomic E-state index is 12.3. The summed E-state index contributed by atoms with van der Waals surface area (Å²) >= 11 is 6.30. The van der Waals surface area contributed by atoms with Crippen LogP contribution in [-0.2, 0) is 9.47 Å². The zero-order valence-electron chi connectivity index (χ0n) is 13.4. The first-order valence-electron chi connectivity index (χ1n) is 7.82. The van der Waals surface area contributed by atoms with E-state index in [0.29, 0.717) is 54.1 Å². The minimum Gasteiger partial charge on any atom is -0.462 e. The highest BCUT2D eigenvalue weighted by molar-refractivity contribution is 6.33. The highest BCUT2D eigenvalue weighted by Crippen LogP contribution is 2.30. The molecule has 1 saturated heterocycles. The largest absolute Gasteiger partial charge is 0.462 e. The van der Waals surface area contributed by atoms with Crippen LogP contribution in [0.3, 0.4) is 0 Å². The molecule has 0 radical (unpaired) electrons. The van der Waals surface area contributed by atoms with Crippen molar-refractivity contribution in [1.29, 1.82) is 0 Å². The standard InChI is InChI=1S/C17H18ClN3O3/c1-2-24-16(22)13-11-19-17(21-7-9-23-10-8-21)20-15(13)12-5-3-4-6-14(12)18/h3-6,11H,2,7-10H2,1H3. The number of hydrogen-bond donors (Lipinski definition) is 0. The van der Waals surface area contributed by atoms with E-state index >= 15 is 0 Å². The van der Waals surface area contributed by atoms with Gasteiger partial charge in [-0.05, 0) is 13.0 Å². The van der Waals surface area contributed by atoms with E-state index in [2.05, 4.69) is 9.97 Å². The lowest BCUT2D eigenvalue weighted by Gasteiger charge is -2.27. The van der Waals surface area contributed by atoms with Crippen molar-refractivity contribution in [3.05, 3.63) is 41.0 Å². The Morgan fingerprint density at radius 1 is 1.33 bits per heavy atom. The van der Waals surface area contributed by atoms with Crippen molar-refractivity contribution in [2.24, 2.45) is 0 Å². The Kier molecular flexibility index (Phi) is 5.27. The minimum atomic E-state index is -0.457. The number of nitrogens with zero attached hydrogens (tertiary/aromatic N) is 3. The first-order chi connectivity index (χ1) is 11.7. The van der Waals surface area contributed by atoms with E-state index in [-0.39, 0.29) is 6.61 Å². The van der Waals surface area contributed by atoms with Gasteiger partial charge < -0.3 is 14.4 Å². The smallest absolute Gasteiger partial charge is 0.341 e. The molecule has 1 aliphatic heterocycles. The molecule has 2 heterocycles. The van der Waals surface area contributed by atoms with Gasteiger partial charge in [0.05, 0.1) is 25.5 Å². The first-order valence-corrected chi connectivity index (χ1v) is 8.20. The van der Waals surface area contributed by atoms with E-state index in [1.54, 1.807) is 13.0 Å². The number of benzene rings is 1. The van der Waals surface area contributed by atoms with Crippen molar-refractivity contribution in [3.8, 4) is 11.3 Å². The molecule has 0 amide bonds. The predicted octanol–water partition coefficient (Wildman–Crippen LogP) is 2.81. The molecule has 0 saturated carbocycles. The van der Waals surface area contributed by atoms with Gasteiger partial charge in [-0.1, -0.05) is 29.8 Å². The Morgan fingerprint density at radius 3 is 2.79 bits per heavy atom. The summed E-state index contributed by atoms with van der Waals surface area (Å²) in [5.74, 6) is 0.0993. The van der Waals surface area contributed by atoms with Gasteiger partial charge in [0.1, 0.15) is 5.56 Å². The van der Waals surface area contributed by atoms with E-state index in [0.717, 1.165) is 0 Å². The van der Waals surface area contributed by atoms with Gasteiger partial charge in [0.2, 0.25) is 5.95 Å². The van der Waals surface area contributed by atoms with Crippen LogP contribution in [0.15, 0.2) is 30.5 Å². The summed E-state index contributed by atoms with van der Waals surface area (Å²) in [5.41, 5.74) is 1.47. The number of rotatable bonds is 4. The fourth-order valence-electron chi connectivity index (χ4n) is 2.51. The first kappa shape index (κ1) is 16.7. The van der Waals surface area contributed by atoms with Gasteiger partial charge >= 0.3 is 5.97 Å². The maximum Gasteiger partial charge on any atom is 0.341 e. The van der Waals surface area contributed by atoms with Crippen molar-refractivity contribution in [3.63, 3.8) is 0 Å². The number of aromatic nitrogens is 2. The van der Waals surface area contributed by atoms with Crippen LogP contribution < -0.4 is 4.90 Å². The highest BCUT2D eigenvalue weighted by Gasteiger charge is 2.21. The number of esters is 1. The number of carbonyl (C=O) groups excluding carboxylic acids is 1. The zero-order chi connectivity index (χ0) is 16.9. The second kappa shape index (κ2) is 7.59. The molecule has 0 unspecified atom stereocenters. The van der Waals surface area contributed by atoms with E-state index in [9.17, 15) is 4.79 Å². The number of carbonyl (C=O) groups is 1. The Bertz CT molecular complexity index is 733. The third-order valence-corrected chi connectivity index (χ3v) is 4.02. The van der Waals surface area contributed by atoms with Crippen LogP contribution in [0.25, 0.3) is 11.3 Å².